The maximum atomic E-state index is 6.68. The summed E-state index contributed by atoms with van der Waals surface area (Å²) in [6.07, 6.45) is 0. The van der Waals surface area contributed by atoms with Gasteiger partial charge in [0, 0.05) is 28.1 Å². The van der Waals surface area contributed by atoms with Crippen LogP contribution in [0, 0.1) is 0 Å². The van der Waals surface area contributed by atoms with Gasteiger partial charge in [-0.15, -0.1) is 0 Å². The summed E-state index contributed by atoms with van der Waals surface area (Å²) in [5.74, 6) is 1.77. The van der Waals surface area contributed by atoms with Crippen LogP contribution in [0.25, 0.3) is 33.4 Å². The van der Waals surface area contributed by atoms with Crippen LogP contribution in [0.2, 0.25) is 0 Å². The molecule has 2 aliphatic rings. The maximum Gasteiger partial charge on any atom is 0.132 e. The molecule has 0 aromatic heterocycles. The van der Waals surface area contributed by atoms with Crippen molar-refractivity contribution in [2.24, 2.45) is 0 Å². The zero-order chi connectivity index (χ0) is 33.8. The standard InChI is InChI=1S/C49H33NO/c1-3-16-34(17-4-1)36-20-13-22-38(32-36)50(39-23-14-21-37(33-39)35-18-5-2-6-19-35)45-29-15-25-41-40-24-7-8-26-42(40)49(48(41)45)43-27-9-11-30-46(43)51-47-31-12-10-28-44(47)49/h1-33H. The summed E-state index contributed by atoms with van der Waals surface area (Å²) in [4.78, 5) is 2.46. The Kier molecular flexibility index (Phi) is 6.75. The minimum absolute atomic E-state index is 0.611. The van der Waals surface area contributed by atoms with Crippen LogP contribution >= 0.6 is 0 Å². The Bertz CT molecular complexity index is 2440. The first-order valence-corrected chi connectivity index (χ1v) is 17.5. The average molecular weight is 652 g/mol. The molecule has 8 aromatic carbocycles. The Labute approximate surface area is 298 Å². The van der Waals surface area contributed by atoms with Crippen LogP contribution < -0.4 is 9.64 Å². The monoisotopic (exact) mass is 651 g/mol. The number of ether oxygens (including phenoxy) is 1. The van der Waals surface area contributed by atoms with E-state index < -0.39 is 5.41 Å². The molecule has 1 spiro atoms. The third kappa shape index (κ3) is 4.50. The van der Waals surface area contributed by atoms with Crippen molar-refractivity contribution in [1.82, 2.24) is 0 Å². The number of fused-ring (bicyclic) bond motifs is 9. The quantitative estimate of drug-likeness (QED) is 0.184. The first-order valence-electron chi connectivity index (χ1n) is 17.5. The molecule has 240 valence electrons. The van der Waals surface area contributed by atoms with Crippen molar-refractivity contribution in [1.29, 1.82) is 0 Å². The van der Waals surface area contributed by atoms with Crippen LogP contribution in [0.15, 0.2) is 200 Å². The third-order valence-electron chi connectivity index (χ3n) is 10.5. The minimum atomic E-state index is -0.611. The van der Waals surface area contributed by atoms with Gasteiger partial charge in [0.2, 0.25) is 0 Å². The minimum Gasteiger partial charge on any atom is -0.457 e. The van der Waals surface area contributed by atoms with E-state index >= 15 is 0 Å². The van der Waals surface area contributed by atoms with Gasteiger partial charge >= 0.3 is 0 Å². The van der Waals surface area contributed by atoms with Crippen molar-refractivity contribution < 1.29 is 4.74 Å². The van der Waals surface area contributed by atoms with Crippen molar-refractivity contribution in [2.45, 2.75) is 5.41 Å². The molecule has 0 amide bonds. The molecule has 1 aliphatic carbocycles. The molecule has 0 saturated carbocycles. The Morgan fingerprint density at radius 2 is 0.804 bits per heavy atom. The number of para-hydroxylation sites is 2. The molecule has 0 fully saturated rings. The van der Waals surface area contributed by atoms with E-state index in [4.69, 9.17) is 4.74 Å². The summed E-state index contributed by atoms with van der Waals surface area (Å²) < 4.78 is 6.68. The van der Waals surface area contributed by atoms with Gasteiger partial charge in [-0.2, -0.15) is 0 Å². The molecule has 2 heteroatoms. The lowest BCUT2D eigenvalue weighted by atomic mass is 9.65. The molecule has 0 unspecified atom stereocenters. The van der Waals surface area contributed by atoms with Crippen LogP contribution in [0.1, 0.15) is 22.3 Å². The summed E-state index contributed by atoms with van der Waals surface area (Å²) in [5.41, 5.74) is 14.7. The Morgan fingerprint density at radius 3 is 1.39 bits per heavy atom. The van der Waals surface area contributed by atoms with Gasteiger partial charge in [-0.25, -0.2) is 0 Å². The lowest BCUT2D eigenvalue weighted by molar-refractivity contribution is 0.436. The Morgan fingerprint density at radius 1 is 0.353 bits per heavy atom. The fourth-order valence-corrected chi connectivity index (χ4v) is 8.42. The van der Waals surface area contributed by atoms with Crippen molar-refractivity contribution in [2.75, 3.05) is 4.90 Å². The molecule has 1 heterocycles. The third-order valence-corrected chi connectivity index (χ3v) is 10.5. The fourth-order valence-electron chi connectivity index (χ4n) is 8.42. The number of anilines is 3. The van der Waals surface area contributed by atoms with Gasteiger partial charge in [0.25, 0.3) is 0 Å². The van der Waals surface area contributed by atoms with Gasteiger partial charge in [0.15, 0.2) is 0 Å². The Hall–Kier alpha value is -6.64. The summed E-state index contributed by atoms with van der Waals surface area (Å²) in [6.45, 7) is 0. The van der Waals surface area contributed by atoms with Gasteiger partial charge < -0.3 is 9.64 Å². The predicted octanol–water partition coefficient (Wildman–Crippen LogP) is 13.0. The predicted molar refractivity (Wildman–Crippen MR) is 209 cm³/mol. The highest BCUT2D eigenvalue weighted by atomic mass is 16.5. The highest BCUT2D eigenvalue weighted by Gasteiger charge is 2.52. The molecule has 1 aliphatic heterocycles. The molecule has 8 aromatic rings. The number of benzene rings is 8. The highest BCUT2D eigenvalue weighted by Crippen LogP contribution is 2.64. The second-order valence-electron chi connectivity index (χ2n) is 13.3. The molecule has 51 heavy (non-hydrogen) atoms. The second kappa shape index (κ2) is 11.8. The van der Waals surface area contributed by atoms with Gasteiger partial charge in [0.1, 0.15) is 11.5 Å². The van der Waals surface area contributed by atoms with Crippen molar-refractivity contribution in [3.63, 3.8) is 0 Å². The number of rotatable bonds is 5. The van der Waals surface area contributed by atoms with Crippen LogP contribution in [-0.2, 0) is 5.41 Å². The Balaban J connectivity index is 1.31. The van der Waals surface area contributed by atoms with E-state index in [1.54, 1.807) is 0 Å². The fraction of sp³-hybridized carbons (Fsp3) is 0.0204. The van der Waals surface area contributed by atoms with Crippen LogP contribution in [0.4, 0.5) is 17.1 Å². The molecule has 10 rings (SSSR count). The molecule has 0 atom stereocenters. The topological polar surface area (TPSA) is 12.5 Å². The average Bonchev–Trinajstić information content (AvgIpc) is 3.50. The van der Waals surface area contributed by atoms with Crippen LogP contribution in [-0.4, -0.2) is 0 Å². The van der Waals surface area contributed by atoms with E-state index in [0.717, 1.165) is 39.7 Å². The lowest BCUT2D eigenvalue weighted by Gasteiger charge is -2.41. The van der Waals surface area contributed by atoms with Crippen LogP contribution in [0.5, 0.6) is 11.5 Å². The van der Waals surface area contributed by atoms with E-state index in [-0.39, 0.29) is 0 Å². The van der Waals surface area contributed by atoms with E-state index in [2.05, 4.69) is 205 Å². The van der Waals surface area contributed by atoms with Crippen molar-refractivity contribution in [3.8, 4) is 44.9 Å². The van der Waals surface area contributed by atoms with Crippen molar-refractivity contribution in [3.05, 3.63) is 222 Å². The summed E-state index contributed by atoms with van der Waals surface area (Å²) in [6, 6.07) is 72.1. The number of hydrogen-bond acceptors (Lipinski definition) is 2. The highest BCUT2D eigenvalue weighted by molar-refractivity contribution is 5.96. The van der Waals surface area contributed by atoms with E-state index in [1.165, 1.54) is 44.5 Å². The summed E-state index contributed by atoms with van der Waals surface area (Å²) in [5, 5.41) is 0. The van der Waals surface area contributed by atoms with Gasteiger partial charge in [0.05, 0.1) is 11.1 Å². The van der Waals surface area contributed by atoms with E-state index in [0.29, 0.717) is 0 Å². The van der Waals surface area contributed by atoms with E-state index in [1.807, 2.05) is 0 Å². The SMILES string of the molecule is c1ccc(-c2cccc(N(c3cccc(-c4ccccc4)c3)c3cccc4c3C3(c5ccccc5Oc5ccccc53)c3ccccc3-4)c2)cc1. The smallest absolute Gasteiger partial charge is 0.132 e. The largest absolute Gasteiger partial charge is 0.457 e. The molecule has 2 nitrogen and oxygen atoms in total. The second-order valence-corrected chi connectivity index (χ2v) is 13.3. The summed E-state index contributed by atoms with van der Waals surface area (Å²) in [7, 11) is 0. The van der Waals surface area contributed by atoms with Gasteiger partial charge in [-0.05, 0) is 81.4 Å². The maximum absolute atomic E-state index is 6.68. The molecule has 0 bridgehead atoms. The number of nitrogens with zero attached hydrogens (tertiary/aromatic N) is 1. The first-order chi connectivity index (χ1) is 25.3. The van der Waals surface area contributed by atoms with Crippen LogP contribution in [0.3, 0.4) is 0 Å². The molecular weight excluding hydrogens is 619 g/mol. The lowest BCUT2D eigenvalue weighted by Crippen LogP contribution is -2.33. The normalized spacial score (nSPS) is 13.0. The molecule has 0 N–H and O–H groups in total. The zero-order valence-electron chi connectivity index (χ0n) is 27.9. The van der Waals surface area contributed by atoms with E-state index in [9.17, 15) is 0 Å². The zero-order valence-corrected chi connectivity index (χ0v) is 27.9. The summed E-state index contributed by atoms with van der Waals surface area (Å²) >= 11 is 0. The van der Waals surface area contributed by atoms with Crippen molar-refractivity contribution >= 4 is 17.1 Å². The van der Waals surface area contributed by atoms with Gasteiger partial charge in [-0.1, -0.05) is 158 Å². The molecule has 0 radical (unpaired) electrons. The first kappa shape index (κ1) is 29.3. The number of hydrogen-bond donors (Lipinski definition) is 0. The molecule has 0 saturated heterocycles. The van der Waals surface area contributed by atoms with Gasteiger partial charge in [-0.3, -0.25) is 0 Å². The molecular formula is C49H33NO.